The van der Waals surface area contributed by atoms with E-state index in [-0.39, 0.29) is 17.7 Å². The summed E-state index contributed by atoms with van der Waals surface area (Å²) in [5, 5.41) is 5.86. The normalized spacial score (nSPS) is 23.1. The lowest BCUT2D eigenvalue weighted by Gasteiger charge is -2.41. The van der Waals surface area contributed by atoms with Crippen molar-refractivity contribution in [2.45, 2.75) is 31.5 Å². The van der Waals surface area contributed by atoms with Crippen molar-refractivity contribution >= 4 is 61.4 Å². The zero-order valence-corrected chi connectivity index (χ0v) is 19.8. The number of hydrogen-bond acceptors (Lipinski definition) is 7. The summed E-state index contributed by atoms with van der Waals surface area (Å²) in [6, 6.07) is 9.23. The number of nitrogens with one attached hydrogen (secondary N) is 2. The Morgan fingerprint density at radius 1 is 1.17 bits per heavy atom. The first-order valence-electron chi connectivity index (χ1n) is 11.5. The number of halogens is 1. The van der Waals surface area contributed by atoms with E-state index in [1.54, 1.807) is 11.1 Å². The van der Waals surface area contributed by atoms with Gasteiger partial charge in [0.25, 0.3) is 11.8 Å². The first-order valence-corrected chi connectivity index (χ1v) is 12.4. The third-order valence-corrected chi connectivity index (χ3v) is 7.97. The van der Waals surface area contributed by atoms with E-state index < -0.39 is 23.5 Å². The van der Waals surface area contributed by atoms with E-state index in [2.05, 4.69) is 15.3 Å². The van der Waals surface area contributed by atoms with Crippen LogP contribution in [0.3, 0.4) is 0 Å². The molecular weight excluding hydrogens is 467 g/mol. The van der Waals surface area contributed by atoms with Gasteiger partial charge in [-0.25, -0.2) is 14.4 Å². The van der Waals surface area contributed by atoms with Gasteiger partial charge < -0.3 is 15.6 Å². The Kier molecular flexibility index (Phi) is 4.97. The third kappa shape index (κ3) is 3.35. The van der Waals surface area contributed by atoms with Gasteiger partial charge in [-0.2, -0.15) is 0 Å². The van der Waals surface area contributed by atoms with Gasteiger partial charge in [-0.15, -0.1) is 11.3 Å². The summed E-state index contributed by atoms with van der Waals surface area (Å²) < 4.78 is 15.0. The van der Waals surface area contributed by atoms with E-state index in [0.29, 0.717) is 47.5 Å². The summed E-state index contributed by atoms with van der Waals surface area (Å²) in [7, 11) is 0. The summed E-state index contributed by atoms with van der Waals surface area (Å²) in [5.41, 5.74) is 7.45. The van der Waals surface area contributed by atoms with Crippen LogP contribution in [0.15, 0.2) is 41.9 Å². The number of anilines is 1. The topological polar surface area (TPSA) is 117 Å². The molecule has 1 fully saturated rings. The number of benzene rings is 1. The van der Waals surface area contributed by atoms with E-state index in [0.717, 1.165) is 10.2 Å². The van der Waals surface area contributed by atoms with Gasteiger partial charge in [-0.3, -0.25) is 14.9 Å². The summed E-state index contributed by atoms with van der Waals surface area (Å²) in [5.74, 6) is -0.675. The van der Waals surface area contributed by atoms with E-state index in [9.17, 15) is 9.59 Å². The minimum Gasteiger partial charge on any atom is -0.352 e. The molecule has 0 aliphatic carbocycles. The molecule has 10 heteroatoms. The van der Waals surface area contributed by atoms with Crippen molar-refractivity contribution in [3.8, 4) is 0 Å². The number of piperidine rings is 1. The lowest BCUT2D eigenvalue weighted by atomic mass is 9.84. The average molecular weight is 491 g/mol. The van der Waals surface area contributed by atoms with Crippen molar-refractivity contribution in [3.63, 3.8) is 0 Å². The maximum absolute atomic E-state index is 15.0. The van der Waals surface area contributed by atoms with Gasteiger partial charge in [0.05, 0.1) is 34.4 Å². The van der Waals surface area contributed by atoms with Gasteiger partial charge in [0.1, 0.15) is 11.0 Å². The third-order valence-electron chi connectivity index (χ3n) is 7.12. The number of H-pyrrole nitrogens is 1. The zero-order chi connectivity index (χ0) is 24.3. The molecule has 35 heavy (non-hydrogen) atoms. The number of para-hydroxylation sites is 1. The number of thiophene rings is 1. The lowest BCUT2D eigenvalue weighted by Crippen LogP contribution is -2.59. The van der Waals surface area contributed by atoms with Gasteiger partial charge in [0.15, 0.2) is 0 Å². The fourth-order valence-electron chi connectivity index (χ4n) is 4.94. The number of nitrogens with two attached hydrogens (primary N) is 1. The van der Waals surface area contributed by atoms with Crippen LogP contribution >= 0.6 is 11.3 Å². The van der Waals surface area contributed by atoms with Crippen LogP contribution in [0.2, 0.25) is 0 Å². The largest absolute Gasteiger partial charge is 0.352 e. The van der Waals surface area contributed by atoms with Crippen molar-refractivity contribution in [1.82, 2.24) is 20.3 Å². The van der Waals surface area contributed by atoms with Crippen molar-refractivity contribution < 1.29 is 14.0 Å². The van der Waals surface area contributed by atoms with Crippen molar-refractivity contribution in [1.29, 1.82) is 0 Å². The Morgan fingerprint density at radius 2 is 1.97 bits per heavy atom. The summed E-state index contributed by atoms with van der Waals surface area (Å²) in [6.45, 7) is 2.45. The molecule has 5 heterocycles. The standard InChI is InChI=1S/C25H23FN6O2S/c1-2-25(27)8-9-32(12-17(25)26)24-29-16-6-4-3-5-14(16)20(30-24)19-18(21(33)31-22(19)34)15-11-28-23-13(15)7-10-35-23/h3-7,10-11,17,28H,2,8-9,12,27H2,1H3,(H,31,33,34). The van der Waals surface area contributed by atoms with E-state index in [1.165, 1.54) is 11.3 Å². The predicted molar refractivity (Wildman–Crippen MR) is 135 cm³/mol. The van der Waals surface area contributed by atoms with Gasteiger partial charge in [-0.1, -0.05) is 25.1 Å². The number of carbonyl (C=O) groups excluding carboxylic acids is 2. The maximum Gasteiger partial charge on any atom is 0.261 e. The second kappa shape index (κ2) is 7.96. The number of hydrogen-bond donors (Lipinski definition) is 3. The monoisotopic (exact) mass is 490 g/mol. The van der Waals surface area contributed by atoms with Gasteiger partial charge in [-0.05, 0) is 30.4 Å². The van der Waals surface area contributed by atoms with Crippen LogP contribution in [-0.2, 0) is 9.59 Å². The summed E-state index contributed by atoms with van der Waals surface area (Å²) in [4.78, 5) is 41.4. The molecule has 8 nitrogen and oxygen atoms in total. The average Bonchev–Trinajstić information content (AvgIpc) is 3.55. The molecular formula is C25H23FN6O2S. The molecule has 2 unspecified atom stereocenters. The second-order valence-electron chi connectivity index (χ2n) is 9.04. The number of rotatable bonds is 4. The fraction of sp³-hybridized carbons (Fsp3) is 0.280. The first-order chi connectivity index (χ1) is 16.9. The molecule has 0 saturated carbocycles. The van der Waals surface area contributed by atoms with Gasteiger partial charge in [0, 0.05) is 29.1 Å². The van der Waals surface area contributed by atoms with Gasteiger partial charge in [0.2, 0.25) is 5.95 Å². The molecule has 1 aromatic carbocycles. The first kappa shape index (κ1) is 21.9. The molecule has 0 radical (unpaired) electrons. The Balaban J connectivity index is 1.55. The molecule has 2 aliphatic heterocycles. The predicted octanol–water partition coefficient (Wildman–Crippen LogP) is 3.40. The van der Waals surface area contributed by atoms with Crippen LogP contribution in [0.4, 0.5) is 10.3 Å². The SMILES string of the molecule is CCC1(N)CCN(c2nc(C3=C(c4c[nH]c5sccc45)C(=O)NC3=O)c3ccccc3n2)CC1F. The van der Waals surface area contributed by atoms with Crippen LogP contribution in [0.25, 0.3) is 32.3 Å². The van der Waals surface area contributed by atoms with E-state index >= 15 is 4.39 Å². The quantitative estimate of drug-likeness (QED) is 0.378. The van der Waals surface area contributed by atoms with Crippen molar-refractivity contribution in [2.24, 2.45) is 5.73 Å². The van der Waals surface area contributed by atoms with Crippen LogP contribution in [0.1, 0.15) is 31.0 Å². The number of amides is 2. The van der Waals surface area contributed by atoms with Crippen molar-refractivity contribution in [3.05, 3.63) is 53.2 Å². The Hall–Kier alpha value is -3.63. The number of carbonyl (C=O) groups is 2. The minimum absolute atomic E-state index is 0.0620. The molecule has 4 aromatic rings. The smallest absolute Gasteiger partial charge is 0.261 e. The number of nitrogens with zero attached hydrogens (tertiary/aromatic N) is 3. The van der Waals surface area contributed by atoms with Crippen LogP contribution in [0, 0.1) is 0 Å². The Labute approximate surface area is 204 Å². The second-order valence-corrected chi connectivity index (χ2v) is 9.95. The molecule has 178 valence electrons. The minimum atomic E-state index is -1.24. The maximum atomic E-state index is 15.0. The summed E-state index contributed by atoms with van der Waals surface area (Å²) >= 11 is 1.52. The molecule has 0 bridgehead atoms. The highest BCUT2D eigenvalue weighted by Gasteiger charge is 2.40. The number of alkyl halides is 1. The molecule has 2 aliphatic rings. The number of aromatic nitrogens is 3. The Bertz CT molecular complexity index is 1540. The number of imide groups is 1. The molecule has 1 saturated heterocycles. The highest BCUT2D eigenvalue weighted by molar-refractivity contribution is 7.16. The fourth-order valence-corrected chi connectivity index (χ4v) is 5.71. The highest BCUT2D eigenvalue weighted by atomic mass is 32.1. The summed E-state index contributed by atoms with van der Waals surface area (Å²) in [6.07, 6.45) is 1.50. The molecule has 6 rings (SSSR count). The highest BCUT2D eigenvalue weighted by Crippen LogP contribution is 2.38. The van der Waals surface area contributed by atoms with Crippen LogP contribution in [0.5, 0.6) is 0 Å². The zero-order valence-electron chi connectivity index (χ0n) is 19.0. The van der Waals surface area contributed by atoms with Crippen LogP contribution in [-0.4, -0.2) is 51.6 Å². The van der Waals surface area contributed by atoms with Crippen molar-refractivity contribution in [2.75, 3.05) is 18.0 Å². The molecule has 0 spiro atoms. The molecule has 2 atom stereocenters. The molecule has 4 N–H and O–H groups in total. The number of aromatic amines is 1. The Morgan fingerprint density at radius 3 is 2.77 bits per heavy atom. The lowest BCUT2D eigenvalue weighted by molar-refractivity contribution is -0.122. The number of fused-ring (bicyclic) bond motifs is 2. The molecule has 2 amide bonds. The van der Waals surface area contributed by atoms with E-state index in [1.807, 2.05) is 42.6 Å². The van der Waals surface area contributed by atoms with Crippen LogP contribution < -0.4 is 16.0 Å². The molecule has 3 aromatic heterocycles. The van der Waals surface area contributed by atoms with Gasteiger partial charge >= 0.3 is 0 Å². The van der Waals surface area contributed by atoms with E-state index in [4.69, 9.17) is 10.7 Å².